The Morgan fingerprint density at radius 3 is 2.21 bits per heavy atom. The first-order valence-corrected chi connectivity index (χ1v) is 12.0. The summed E-state index contributed by atoms with van der Waals surface area (Å²) in [4.78, 5) is 14.4. The minimum atomic E-state index is -3.53. The highest BCUT2D eigenvalue weighted by atomic mass is 35.5. The van der Waals surface area contributed by atoms with Crippen molar-refractivity contribution in [1.82, 2.24) is 14.1 Å². The van der Waals surface area contributed by atoms with Gasteiger partial charge >= 0.3 is 0 Å². The van der Waals surface area contributed by atoms with Crippen LogP contribution in [0.4, 0.5) is 20.3 Å². The van der Waals surface area contributed by atoms with Crippen LogP contribution in [0.2, 0.25) is 5.02 Å². The van der Waals surface area contributed by atoms with Crippen molar-refractivity contribution in [2.75, 3.05) is 36.8 Å². The van der Waals surface area contributed by atoms with Crippen LogP contribution in [-0.2, 0) is 15.8 Å². The second-order valence-electron chi connectivity index (χ2n) is 7.52. The summed E-state index contributed by atoms with van der Waals surface area (Å²) in [7, 11) is -3.53. The van der Waals surface area contributed by atoms with Gasteiger partial charge in [-0.1, -0.05) is 41.9 Å². The van der Waals surface area contributed by atoms with Crippen molar-refractivity contribution >= 4 is 33.1 Å². The van der Waals surface area contributed by atoms with E-state index >= 15 is 0 Å². The van der Waals surface area contributed by atoms with Gasteiger partial charge in [-0.05, 0) is 17.7 Å². The van der Waals surface area contributed by atoms with Crippen molar-refractivity contribution in [3.05, 3.63) is 81.1 Å². The molecule has 1 fully saturated rings. The number of anilines is 2. The predicted octanol–water partition coefficient (Wildman–Crippen LogP) is 2.40. The average molecular weight is 496 g/mol. The summed E-state index contributed by atoms with van der Waals surface area (Å²) in [6.07, 6.45) is 0. The van der Waals surface area contributed by atoms with Gasteiger partial charge in [0.15, 0.2) is 5.82 Å². The summed E-state index contributed by atoms with van der Waals surface area (Å²) < 4.78 is 54.8. The zero-order chi connectivity index (χ0) is 23.8. The number of hydrogen-bond acceptors (Lipinski definition) is 6. The third-order valence-corrected chi connectivity index (χ3v) is 7.46. The number of rotatable bonds is 5. The summed E-state index contributed by atoms with van der Waals surface area (Å²) in [5, 5.41) is 3.70. The van der Waals surface area contributed by atoms with Crippen molar-refractivity contribution in [1.29, 1.82) is 0 Å². The molecule has 0 aliphatic carbocycles. The fourth-order valence-electron chi connectivity index (χ4n) is 3.71. The number of nitrogen functional groups attached to an aromatic ring is 1. The van der Waals surface area contributed by atoms with E-state index < -0.39 is 27.2 Å². The Hall–Kier alpha value is -3.02. The van der Waals surface area contributed by atoms with E-state index in [1.165, 1.54) is 4.31 Å². The van der Waals surface area contributed by atoms with Crippen LogP contribution in [-0.4, -0.2) is 48.7 Å². The molecule has 1 aromatic heterocycles. The summed E-state index contributed by atoms with van der Waals surface area (Å²) in [6, 6.07) is 11.4. The van der Waals surface area contributed by atoms with Crippen LogP contribution >= 0.6 is 11.6 Å². The molecule has 3 aromatic rings. The minimum absolute atomic E-state index is 0.113. The van der Waals surface area contributed by atoms with Gasteiger partial charge in [-0.3, -0.25) is 4.79 Å². The van der Waals surface area contributed by atoms with Gasteiger partial charge < -0.3 is 10.6 Å². The Bertz CT molecular complexity index is 1320. The third kappa shape index (κ3) is 4.85. The molecular formula is C21H20ClF2N5O3S. The molecule has 0 unspecified atom stereocenters. The van der Waals surface area contributed by atoms with Crippen LogP contribution in [0.15, 0.2) is 53.3 Å². The van der Waals surface area contributed by atoms with Gasteiger partial charge in [0, 0.05) is 32.2 Å². The number of halogens is 3. The van der Waals surface area contributed by atoms with Gasteiger partial charge in [-0.25, -0.2) is 17.2 Å². The van der Waals surface area contributed by atoms with Crippen molar-refractivity contribution < 1.29 is 17.2 Å². The van der Waals surface area contributed by atoms with E-state index in [-0.39, 0.29) is 54.1 Å². The zero-order valence-corrected chi connectivity index (χ0v) is 18.9. The summed E-state index contributed by atoms with van der Waals surface area (Å²) in [6.45, 7) is 0.807. The maximum Gasteiger partial charge on any atom is 0.292 e. The molecule has 2 heterocycles. The number of nitrogens with zero attached hydrogens (tertiary/aromatic N) is 4. The van der Waals surface area contributed by atoms with Gasteiger partial charge in [-0.2, -0.15) is 8.99 Å². The lowest BCUT2D eigenvalue weighted by Crippen LogP contribution is -2.49. The molecule has 2 N–H and O–H groups in total. The van der Waals surface area contributed by atoms with E-state index in [1.807, 2.05) is 6.07 Å². The number of hydrogen-bond donors (Lipinski definition) is 1. The molecule has 1 aliphatic rings. The second-order valence-corrected chi connectivity index (χ2v) is 9.87. The Kier molecular flexibility index (Phi) is 6.37. The number of piperazine rings is 1. The normalized spacial score (nSPS) is 15.1. The largest absolute Gasteiger partial charge is 0.380 e. The molecule has 1 aliphatic heterocycles. The third-order valence-electron chi connectivity index (χ3n) is 5.27. The van der Waals surface area contributed by atoms with Gasteiger partial charge in [0.05, 0.1) is 11.4 Å². The lowest BCUT2D eigenvalue weighted by molar-refractivity contribution is 0.384. The minimum Gasteiger partial charge on any atom is -0.380 e. The highest BCUT2D eigenvalue weighted by Gasteiger charge is 2.30. The molecule has 8 nitrogen and oxygen atoms in total. The zero-order valence-electron chi connectivity index (χ0n) is 17.3. The topological polar surface area (TPSA) is 102 Å². The van der Waals surface area contributed by atoms with Gasteiger partial charge in [0.2, 0.25) is 10.0 Å². The quantitative estimate of drug-likeness (QED) is 0.583. The van der Waals surface area contributed by atoms with Crippen LogP contribution in [0.25, 0.3) is 5.69 Å². The summed E-state index contributed by atoms with van der Waals surface area (Å²) in [5.41, 5.74) is 5.93. The highest BCUT2D eigenvalue weighted by Crippen LogP contribution is 2.30. The van der Waals surface area contributed by atoms with Crippen LogP contribution in [0.1, 0.15) is 5.56 Å². The van der Waals surface area contributed by atoms with Gasteiger partial charge in [0.25, 0.3) is 5.56 Å². The fraction of sp³-hybridized carbons (Fsp3) is 0.238. The first-order valence-electron chi connectivity index (χ1n) is 9.97. The van der Waals surface area contributed by atoms with Gasteiger partial charge in [-0.15, -0.1) is 5.10 Å². The lowest BCUT2D eigenvalue weighted by Gasteiger charge is -2.36. The molecule has 4 rings (SSSR count). The monoisotopic (exact) mass is 495 g/mol. The smallest absolute Gasteiger partial charge is 0.292 e. The van der Waals surface area contributed by atoms with E-state index in [2.05, 4.69) is 5.10 Å². The molecule has 2 aromatic carbocycles. The average Bonchev–Trinajstić information content (AvgIpc) is 2.76. The van der Waals surface area contributed by atoms with Crippen LogP contribution in [0.3, 0.4) is 0 Å². The molecule has 0 amide bonds. The molecule has 0 spiro atoms. The standard InChI is InChI=1S/C21H20ClF2N5O3S/c22-18-19(20(25)26-29(21(18)30)17-11-15(23)10-16(24)12-17)27-6-8-28(9-7-27)33(31,32)13-14-4-2-1-3-5-14/h1-5,10-12H,6-9,13H2,(H2,25,26). The van der Waals surface area contributed by atoms with Crippen molar-refractivity contribution in [3.63, 3.8) is 0 Å². The molecule has 0 atom stereocenters. The molecule has 0 saturated carbocycles. The SMILES string of the molecule is Nc1nn(-c2cc(F)cc(F)c2)c(=O)c(Cl)c1N1CCN(S(=O)(=O)Cc2ccccc2)CC1. The van der Waals surface area contributed by atoms with Crippen molar-refractivity contribution in [2.24, 2.45) is 0 Å². The van der Waals surface area contributed by atoms with E-state index in [0.717, 1.165) is 16.8 Å². The number of benzene rings is 2. The molecule has 0 radical (unpaired) electrons. The van der Waals surface area contributed by atoms with Crippen LogP contribution in [0.5, 0.6) is 0 Å². The lowest BCUT2D eigenvalue weighted by atomic mass is 10.2. The summed E-state index contributed by atoms with van der Waals surface area (Å²) in [5.74, 6) is -2.00. The summed E-state index contributed by atoms with van der Waals surface area (Å²) >= 11 is 6.29. The first-order chi connectivity index (χ1) is 15.7. The second kappa shape index (κ2) is 9.08. The number of sulfonamides is 1. The molecule has 0 bridgehead atoms. The first kappa shape index (κ1) is 23.1. The number of nitrogens with two attached hydrogens (primary N) is 1. The highest BCUT2D eigenvalue weighted by molar-refractivity contribution is 7.88. The Morgan fingerprint density at radius 1 is 1.00 bits per heavy atom. The van der Waals surface area contributed by atoms with Crippen molar-refractivity contribution in [3.8, 4) is 5.69 Å². The fourth-order valence-corrected chi connectivity index (χ4v) is 5.52. The molecule has 174 valence electrons. The maximum atomic E-state index is 13.6. The van der Waals surface area contributed by atoms with Crippen molar-refractivity contribution in [2.45, 2.75) is 5.75 Å². The molecule has 12 heteroatoms. The van der Waals surface area contributed by atoms with Crippen LogP contribution < -0.4 is 16.2 Å². The van der Waals surface area contributed by atoms with E-state index in [4.69, 9.17) is 17.3 Å². The Balaban J connectivity index is 1.55. The molecular weight excluding hydrogens is 476 g/mol. The number of aromatic nitrogens is 2. The van der Waals surface area contributed by atoms with E-state index in [9.17, 15) is 22.0 Å². The predicted molar refractivity (Wildman–Crippen MR) is 122 cm³/mol. The van der Waals surface area contributed by atoms with E-state index in [0.29, 0.717) is 11.6 Å². The van der Waals surface area contributed by atoms with Gasteiger partial charge in [0.1, 0.15) is 22.3 Å². The maximum absolute atomic E-state index is 13.6. The Morgan fingerprint density at radius 2 is 1.61 bits per heavy atom. The molecule has 33 heavy (non-hydrogen) atoms. The molecule has 1 saturated heterocycles. The van der Waals surface area contributed by atoms with Crippen LogP contribution in [0, 0.1) is 11.6 Å². The van der Waals surface area contributed by atoms with E-state index in [1.54, 1.807) is 29.2 Å². The Labute approximate surface area is 193 Å².